The number of fused-ring (bicyclic) bond motifs is 1. The summed E-state index contributed by atoms with van der Waals surface area (Å²) < 4.78 is 5.27. The van der Waals surface area contributed by atoms with Gasteiger partial charge < -0.3 is 20.3 Å². The second kappa shape index (κ2) is 8.95. The first-order chi connectivity index (χ1) is 14.5. The molecule has 9 heteroatoms. The summed E-state index contributed by atoms with van der Waals surface area (Å²) in [6.45, 7) is 3.70. The van der Waals surface area contributed by atoms with Gasteiger partial charge in [0.25, 0.3) is 5.91 Å². The number of esters is 1. The van der Waals surface area contributed by atoms with Crippen molar-refractivity contribution in [1.29, 1.82) is 0 Å². The number of hydrogen-bond acceptors (Lipinski definition) is 8. The molecule has 4 rings (SSSR count). The highest BCUT2D eigenvalue weighted by atomic mass is 32.1. The summed E-state index contributed by atoms with van der Waals surface area (Å²) in [5.74, 6) is -0.649. The third-order valence-electron chi connectivity index (χ3n) is 4.76. The number of ether oxygens (including phenoxy) is 1. The molecule has 0 fully saturated rings. The third-order valence-corrected chi connectivity index (χ3v) is 6.58. The van der Waals surface area contributed by atoms with Crippen molar-refractivity contribution in [1.82, 2.24) is 9.88 Å². The fourth-order valence-corrected chi connectivity index (χ4v) is 5.22. The quantitative estimate of drug-likeness (QED) is 0.552. The van der Waals surface area contributed by atoms with Crippen molar-refractivity contribution in [3.05, 3.63) is 57.4 Å². The molecule has 30 heavy (non-hydrogen) atoms. The molecule has 1 aliphatic heterocycles. The zero-order chi connectivity index (χ0) is 21.1. The number of aromatic nitrogens is 1. The van der Waals surface area contributed by atoms with E-state index in [4.69, 9.17) is 4.74 Å². The molecule has 2 aromatic heterocycles. The minimum Gasteiger partial charge on any atom is -0.462 e. The van der Waals surface area contributed by atoms with Crippen molar-refractivity contribution < 1.29 is 14.3 Å². The number of rotatable bonds is 6. The largest absolute Gasteiger partial charge is 0.462 e. The van der Waals surface area contributed by atoms with Gasteiger partial charge >= 0.3 is 5.97 Å². The van der Waals surface area contributed by atoms with Gasteiger partial charge in [0.05, 0.1) is 12.2 Å². The highest BCUT2D eigenvalue weighted by Gasteiger charge is 2.28. The van der Waals surface area contributed by atoms with Crippen molar-refractivity contribution >= 4 is 50.4 Å². The fourth-order valence-electron chi connectivity index (χ4n) is 3.36. The lowest BCUT2D eigenvalue weighted by molar-refractivity contribution is 0.0526. The van der Waals surface area contributed by atoms with Crippen molar-refractivity contribution in [2.45, 2.75) is 19.9 Å². The van der Waals surface area contributed by atoms with E-state index in [2.05, 4.69) is 20.5 Å². The molecule has 0 unspecified atom stereocenters. The summed E-state index contributed by atoms with van der Waals surface area (Å²) in [6, 6.07) is 7.20. The standard InChI is InChI=1S/C21H22N4O3S2/c1-3-28-20(27)17-15-7-9-25(2)12-16(15)30-19(17)24-18(26)13-5-4-6-14(11-13)23-21-22-8-10-29-21/h4-6,8,10-11H,3,7,9,12H2,1-2H3,(H,22,23)(H,24,26). The monoisotopic (exact) mass is 442 g/mol. The van der Waals surface area contributed by atoms with Gasteiger partial charge in [0.1, 0.15) is 5.00 Å². The van der Waals surface area contributed by atoms with E-state index in [1.807, 2.05) is 24.6 Å². The van der Waals surface area contributed by atoms with E-state index < -0.39 is 0 Å². The van der Waals surface area contributed by atoms with Gasteiger partial charge in [-0.2, -0.15) is 0 Å². The normalized spacial score (nSPS) is 13.5. The van der Waals surface area contributed by atoms with E-state index in [0.29, 0.717) is 22.7 Å². The zero-order valence-electron chi connectivity index (χ0n) is 16.7. The van der Waals surface area contributed by atoms with Crippen molar-refractivity contribution in [3.63, 3.8) is 0 Å². The van der Waals surface area contributed by atoms with Crippen LogP contribution >= 0.6 is 22.7 Å². The number of thiazole rings is 1. The number of thiophene rings is 1. The topological polar surface area (TPSA) is 83.6 Å². The molecule has 156 valence electrons. The number of likely N-dealkylation sites (N-methyl/N-ethyl adjacent to an activating group) is 1. The highest BCUT2D eigenvalue weighted by molar-refractivity contribution is 7.17. The summed E-state index contributed by atoms with van der Waals surface area (Å²) in [5.41, 5.74) is 2.76. The van der Waals surface area contributed by atoms with E-state index in [1.165, 1.54) is 22.7 Å². The Bertz CT molecular complexity index is 1060. The molecule has 0 saturated heterocycles. The minimum absolute atomic E-state index is 0.268. The SMILES string of the molecule is CCOC(=O)c1c(NC(=O)c2cccc(Nc3nccs3)c2)sc2c1CCN(C)C2. The van der Waals surface area contributed by atoms with Crippen LogP contribution in [0.25, 0.3) is 0 Å². The molecule has 3 heterocycles. The molecule has 0 radical (unpaired) electrons. The van der Waals surface area contributed by atoms with Gasteiger partial charge in [-0.25, -0.2) is 9.78 Å². The predicted molar refractivity (Wildman–Crippen MR) is 120 cm³/mol. The van der Waals surface area contributed by atoms with E-state index >= 15 is 0 Å². The Balaban J connectivity index is 1.59. The lowest BCUT2D eigenvalue weighted by Crippen LogP contribution is -2.26. The molecular weight excluding hydrogens is 420 g/mol. The van der Waals surface area contributed by atoms with Crippen LogP contribution in [-0.2, 0) is 17.7 Å². The lowest BCUT2D eigenvalue weighted by atomic mass is 10.0. The highest BCUT2D eigenvalue weighted by Crippen LogP contribution is 2.37. The molecule has 0 saturated carbocycles. The molecule has 0 spiro atoms. The number of amides is 1. The average Bonchev–Trinajstić information content (AvgIpc) is 3.35. The van der Waals surface area contributed by atoms with Crippen LogP contribution in [0, 0.1) is 0 Å². The number of benzene rings is 1. The number of nitrogens with zero attached hydrogens (tertiary/aromatic N) is 2. The van der Waals surface area contributed by atoms with Crippen LogP contribution in [0.1, 0.15) is 38.1 Å². The minimum atomic E-state index is -0.381. The summed E-state index contributed by atoms with van der Waals surface area (Å²) in [7, 11) is 2.05. The van der Waals surface area contributed by atoms with Crippen LogP contribution in [0.3, 0.4) is 0 Å². The van der Waals surface area contributed by atoms with Crippen LogP contribution in [-0.4, -0.2) is 42.0 Å². The van der Waals surface area contributed by atoms with Gasteiger partial charge in [-0.15, -0.1) is 22.7 Å². The molecule has 3 aromatic rings. The van der Waals surface area contributed by atoms with Gasteiger partial charge in [-0.3, -0.25) is 4.79 Å². The second-order valence-corrected chi connectivity index (χ2v) is 8.91. The van der Waals surface area contributed by atoms with E-state index in [1.54, 1.807) is 25.3 Å². The number of anilines is 3. The Labute approximate surface area is 182 Å². The first-order valence-corrected chi connectivity index (χ1v) is 11.3. The average molecular weight is 443 g/mol. The lowest BCUT2D eigenvalue weighted by Gasteiger charge is -2.22. The smallest absolute Gasteiger partial charge is 0.341 e. The maximum atomic E-state index is 13.0. The molecule has 2 N–H and O–H groups in total. The molecular formula is C21H22N4O3S2. The first kappa shape index (κ1) is 20.5. The number of nitrogens with one attached hydrogen (secondary N) is 2. The molecule has 0 bridgehead atoms. The summed E-state index contributed by atoms with van der Waals surface area (Å²) in [5, 5.41) is 9.32. The molecule has 7 nitrogen and oxygen atoms in total. The van der Waals surface area contributed by atoms with Crippen LogP contribution < -0.4 is 10.6 Å². The van der Waals surface area contributed by atoms with Gasteiger partial charge in [-0.1, -0.05) is 6.07 Å². The number of carbonyl (C=O) groups excluding carboxylic acids is 2. The fraction of sp³-hybridized carbons (Fsp3) is 0.286. The van der Waals surface area contributed by atoms with E-state index in [0.717, 1.165) is 40.8 Å². The Morgan fingerprint density at radius 2 is 2.20 bits per heavy atom. The molecule has 1 aliphatic rings. The Morgan fingerprint density at radius 1 is 1.33 bits per heavy atom. The predicted octanol–water partition coefficient (Wildman–Crippen LogP) is 4.37. The van der Waals surface area contributed by atoms with Crippen LogP contribution in [0.5, 0.6) is 0 Å². The first-order valence-electron chi connectivity index (χ1n) is 9.63. The van der Waals surface area contributed by atoms with Crippen molar-refractivity contribution in [2.75, 3.05) is 30.8 Å². The van der Waals surface area contributed by atoms with Crippen LogP contribution in [0.15, 0.2) is 35.8 Å². The van der Waals surface area contributed by atoms with Gasteiger partial charge in [0.15, 0.2) is 5.13 Å². The molecule has 1 aromatic carbocycles. The molecule has 0 aliphatic carbocycles. The summed E-state index contributed by atoms with van der Waals surface area (Å²) in [6.07, 6.45) is 2.48. The van der Waals surface area contributed by atoms with Crippen molar-refractivity contribution in [2.24, 2.45) is 0 Å². The Morgan fingerprint density at radius 3 is 2.97 bits per heavy atom. The van der Waals surface area contributed by atoms with Gasteiger partial charge in [-0.05, 0) is 44.2 Å². The Hall–Kier alpha value is -2.75. The molecule has 0 atom stereocenters. The van der Waals surface area contributed by atoms with Gasteiger partial charge in [0.2, 0.25) is 0 Å². The second-order valence-electron chi connectivity index (χ2n) is 6.91. The number of hydrogen-bond donors (Lipinski definition) is 2. The summed E-state index contributed by atoms with van der Waals surface area (Å²) in [4.78, 5) is 33.1. The Kier molecular flexibility index (Phi) is 6.12. The van der Waals surface area contributed by atoms with Crippen LogP contribution in [0.2, 0.25) is 0 Å². The summed E-state index contributed by atoms with van der Waals surface area (Å²) >= 11 is 2.94. The molecule has 1 amide bonds. The van der Waals surface area contributed by atoms with Gasteiger partial charge in [0, 0.05) is 40.8 Å². The van der Waals surface area contributed by atoms with E-state index in [9.17, 15) is 9.59 Å². The maximum absolute atomic E-state index is 13.0. The van der Waals surface area contributed by atoms with Crippen molar-refractivity contribution in [3.8, 4) is 0 Å². The maximum Gasteiger partial charge on any atom is 0.341 e. The van der Waals surface area contributed by atoms with Crippen LogP contribution in [0.4, 0.5) is 15.8 Å². The van der Waals surface area contributed by atoms with E-state index in [-0.39, 0.29) is 11.9 Å². The zero-order valence-corrected chi connectivity index (χ0v) is 18.4. The number of carbonyl (C=O) groups is 2. The third kappa shape index (κ3) is 4.38.